The SMILES string of the molecule is [2H]C1CN(C=O)C([2H])c2ccccc21. The Bertz CT molecular complexity index is 356. The van der Waals surface area contributed by atoms with Crippen LogP contribution in [-0.2, 0) is 17.7 Å². The lowest BCUT2D eigenvalue weighted by Crippen LogP contribution is -2.28. The molecule has 0 radical (unpaired) electrons. The standard InChI is InChI=1S/C10H11NO/c12-8-11-6-5-9-3-1-2-4-10(9)7-11/h1-4,8H,5-7H2/i5D,7D. The molecule has 0 spiro atoms. The van der Waals surface area contributed by atoms with Crippen molar-refractivity contribution in [3.63, 3.8) is 0 Å². The van der Waals surface area contributed by atoms with Crippen molar-refractivity contribution in [3.8, 4) is 0 Å². The number of nitrogens with zero attached hydrogens (tertiary/aromatic N) is 1. The molecule has 2 rings (SSSR count). The van der Waals surface area contributed by atoms with Gasteiger partial charge in [0.1, 0.15) is 0 Å². The summed E-state index contributed by atoms with van der Waals surface area (Å²) in [5.41, 5.74) is 1.64. The van der Waals surface area contributed by atoms with Gasteiger partial charge in [0.05, 0.1) is 1.37 Å². The van der Waals surface area contributed by atoms with Gasteiger partial charge in [0.15, 0.2) is 0 Å². The van der Waals surface area contributed by atoms with Crippen molar-refractivity contribution in [2.75, 3.05) is 6.54 Å². The van der Waals surface area contributed by atoms with E-state index in [0.29, 0.717) is 13.0 Å². The van der Waals surface area contributed by atoms with E-state index < -0.39 is 12.9 Å². The van der Waals surface area contributed by atoms with E-state index in [-0.39, 0.29) is 0 Å². The molecule has 0 saturated heterocycles. The molecule has 1 aliphatic rings. The monoisotopic (exact) mass is 163 g/mol. The Morgan fingerprint density at radius 1 is 1.42 bits per heavy atom. The molecule has 0 fully saturated rings. The maximum absolute atomic E-state index is 10.6. The first-order valence-electron chi connectivity index (χ1n) is 5.04. The molecule has 0 N–H and O–H groups in total. The van der Waals surface area contributed by atoms with Crippen molar-refractivity contribution >= 4 is 6.41 Å². The summed E-state index contributed by atoms with van der Waals surface area (Å²) in [6.45, 7) is -0.334. The molecule has 1 amide bonds. The van der Waals surface area contributed by atoms with Crippen LogP contribution in [0, 0.1) is 0 Å². The van der Waals surface area contributed by atoms with Crippen LogP contribution in [0.5, 0.6) is 0 Å². The van der Waals surface area contributed by atoms with Gasteiger partial charge in [-0.15, -0.1) is 0 Å². The number of benzene rings is 1. The van der Waals surface area contributed by atoms with E-state index >= 15 is 0 Å². The van der Waals surface area contributed by atoms with E-state index in [1.807, 2.05) is 24.3 Å². The summed E-state index contributed by atoms with van der Waals surface area (Å²) in [5.74, 6) is 0. The number of fused-ring (bicyclic) bond motifs is 1. The summed E-state index contributed by atoms with van der Waals surface area (Å²) < 4.78 is 15.6. The molecule has 0 aliphatic carbocycles. The molecular formula is C10H11NO. The minimum Gasteiger partial charge on any atom is -0.341 e. The predicted octanol–water partition coefficient (Wildman–Crippen LogP) is 1.20. The third kappa shape index (κ3) is 1.20. The summed E-state index contributed by atoms with van der Waals surface area (Å²) in [5, 5.41) is 0. The molecule has 2 heteroatoms. The Morgan fingerprint density at radius 3 is 2.92 bits per heavy atom. The van der Waals surface area contributed by atoms with Gasteiger partial charge < -0.3 is 4.90 Å². The lowest BCUT2D eigenvalue weighted by Gasteiger charge is -2.24. The molecule has 2 nitrogen and oxygen atoms in total. The van der Waals surface area contributed by atoms with Crippen LogP contribution in [0.3, 0.4) is 0 Å². The van der Waals surface area contributed by atoms with Gasteiger partial charge in [-0.25, -0.2) is 0 Å². The minimum absolute atomic E-state index is 0.314. The van der Waals surface area contributed by atoms with Gasteiger partial charge in [0.25, 0.3) is 0 Å². The van der Waals surface area contributed by atoms with Crippen LogP contribution in [0.2, 0.25) is 0 Å². The Morgan fingerprint density at radius 2 is 2.17 bits per heavy atom. The van der Waals surface area contributed by atoms with E-state index in [2.05, 4.69) is 0 Å². The molecule has 0 saturated carbocycles. The first-order valence-corrected chi connectivity index (χ1v) is 3.88. The fourth-order valence-electron chi connectivity index (χ4n) is 1.32. The summed E-state index contributed by atoms with van der Waals surface area (Å²) in [6, 6.07) is 7.37. The summed E-state index contributed by atoms with van der Waals surface area (Å²) in [6.07, 6.45) is 0.229. The minimum atomic E-state index is -0.648. The lowest BCUT2D eigenvalue weighted by molar-refractivity contribution is -0.118. The van der Waals surface area contributed by atoms with Crippen LogP contribution >= 0.6 is 0 Å². The summed E-state index contributed by atoms with van der Waals surface area (Å²) >= 11 is 0. The highest BCUT2D eigenvalue weighted by Crippen LogP contribution is 2.16. The maximum atomic E-state index is 10.6. The first-order chi connectivity index (χ1) is 6.74. The van der Waals surface area contributed by atoms with Crippen LogP contribution in [0.1, 0.15) is 13.9 Å². The van der Waals surface area contributed by atoms with Crippen molar-refractivity contribution < 1.29 is 7.54 Å². The largest absolute Gasteiger partial charge is 0.341 e. The second kappa shape index (κ2) is 2.97. The molecule has 1 heterocycles. The average molecular weight is 163 g/mol. The molecule has 2 unspecified atom stereocenters. The highest BCUT2D eigenvalue weighted by atomic mass is 16.1. The molecule has 1 aromatic rings. The van der Waals surface area contributed by atoms with E-state index in [9.17, 15) is 4.79 Å². The zero-order chi connectivity index (χ0) is 10.1. The zero-order valence-electron chi connectivity index (χ0n) is 8.60. The number of carbonyl (C=O) groups is 1. The van der Waals surface area contributed by atoms with Crippen LogP contribution < -0.4 is 0 Å². The molecule has 0 bridgehead atoms. The van der Waals surface area contributed by atoms with Gasteiger partial charge >= 0.3 is 0 Å². The Hall–Kier alpha value is -1.31. The Labute approximate surface area is 74.6 Å². The maximum Gasteiger partial charge on any atom is 0.210 e. The van der Waals surface area contributed by atoms with Crippen molar-refractivity contribution in [3.05, 3.63) is 35.4 Å². The normalized spacial score (nSPS) is 30.2. The van der Waals surface area contributed by atoms with Crippen molar-refractivity contribution in [1.82, 2.24) is 4.90 Å². The fourth-order valence-corrected chi connectivity index (χ4v) is 1.32. The summed E-state index contributed by atoms with van der Waals surface area (Å²) in [7, 11) is 0. The number of rotatable bonds is 1. The number of carbonyl (C=O) groups excluding carboxylic acids is 1. The third-order valence-corrected chi connectivity index (χ3v) is 1.96. The van der Waals surface area contributed by atoms with Gasteiger partial charge in [-0.2, -0.15) is 0 Å². The van der Waals surface area contributed by atoms with Crippen molar-refractivity contribution in [2.45, 2.75) is 12.9 Å². The highest BCUT2D eigenvalue weighted by Gasteiger charge is 2.12. The second-order valence-electron chi connectivity index (χ2n) is 2.76. The molecule has 12 heavy (non-hydrogen) atoms. The van der Waals surface area contributed by atoms with Gasteiger partial charge in [-0.05, 0) is 17.5 Å². The molecule has 1 aliphatic heterocycles. The Balaban J connectivity index is 2.45. The highest BCUT2D eigenvalue weighted by molar-refractivity contribution is 5.49. The zero-order valence-corrected chi connectivity index (χ0v) is 6.60. The summed E-state index contributed by atoms with van der Waals surface area (Å²) in [4.78, 5) is 12.0. The molecule has 1 aromatic carbocycles. The third-order valence-electron chi connectivity index (χ3n) is 1.96. The predicted molar refractivity (Wildman–Crippen MR) is 46.6 cm³/mol. The van der Waals surface area contributed by atoms with Gasteiger partial charge in [0.2, 0.25) is 6.41 Å². The van der Waals surface area contributed by atoms with E-state index in [1.165, 1.54) is 4.90 Å². The number of hydrogen-bond acceptors (Lipinski definition) is 1. The average Bonchev–Trinajstić information content (AvgIpc) is 2.23. The van der Waals surface area contributed by atoms with E-state index in [1.54, 1.807) is 0 Å². The van der Waals surface area contributed by atoms with E-state index in [0.717, 1.165) is 11.1 Å². The number of amides is 1. The van der Waals surface area contributed by atoms with Gasteiger partial charge in [-0.3, -0.25) is 4.79 Å². The molecule has 0 aromatic heterocycles. The van der Waals surface area contributed by atoms with E-state index in [4.69, 9.17) is 2.74 Å². The topological polar surface area (TPSA) is 20.3 Å². The van der Waals surface area contributed by atoms with Crippen LogP contribution in [0.4, 0.5) is 0 Å². The quantitative estimate of drug-likeness (QED) is 0.570. The Kier molecular flexibility index (Phi) is 1.33. The van der Waals surface area contributed by atoms with Gasteiger partial charge in [-0.1, -0.05) is 24.3 Å². The fraction of sp³-hybridized carbons (Fsp3) is 0.300. The molecular weight excluding hydrogens is 150 g/mol. The van der Waals surface area contributed by atoms with Crippen molar-refractivity contribution in [1.29, 1.82) is 0 Å². The van der Waals surface area contributed by atoms with Crippen molar-refractivity contribution in [2.24, 2.45) is 0 Å². The second-order valence-corrected chi connectivity index (χ2v) is 2.76. The molecule has 2 atom stereocenters. The first kappa shape index (κ1) is 5.36. The van der Waals surface area contributed by atoms with Crippen LogP contribution in [-0.4, -0.2) is 17.9 Å². The molecule has 62 valence electrons. The lowest BCUT2D eigenvalue weighted by atomic mass is 10.0. The number of hydrogen-bond donors (Lipinski definition) is 0. The van der Waals surface area contributed by atoms with Gasteiger partial charge in [0, 0.05) is 14.4 Å². The smallest absolute Gasteiger partial charge is 0.210 e. The van der Waals surface area contributed by atoms with Crippen LogP contribution in [0.25, 0.3) is 0 Å². The van der Waals surface area contributed by atoms with Crippen LogP contribution in [0.15, 0.2) is 24.3 Å².